The molecular weight excluding hydrogens is 286 g/mol. The van der Waals surface area contributed by atoms with Crippen LogP contribution in [0.1, 0.15) is 10.5 Å². The number of benzene rings is 1. The van der Waals surface area contributed by atoms with Crippen molar-refractivity contribution in [2.45, 2.75) is 0 Å². The second-order valence-electron chi connectivity index (χ2n) is 5.28. The molecule has 3 aromatic heterocycles. The number of aldehydes is 1. The molecule has 110 valence electrons. The van der Waals surface area contributed by atoms with Crippen molar-refractivity contribution < 1.29 is 4.79 Å². The van der Waals surface area contributed by atoms with E-state index in [0.717, 1.165) is 39.8 Å². The van der Waals surface area contributed by atoms with Crippen molar-refractivity contribution in [1.82, 2.24) is 15.0 Å². The number of fused-ring (bicyclic) bond motifs is 1. The van der Waals surface area contributed by atoms with Gasteiger partial charge in [0.05, 0.1) is 5.69 Å². The lowest BCUT2D eigenvalue weighted by Crippen LogP contribution is -1.90. The minimum atomic E-state index is 0.418. The molecule has 1 N–H and O–H groups in total. The first kappa shape index (κ1) is 13.4. The van der Waals surface area contributed by atoms with E-state index in [0.29, 0.717) is 5.69 Å². The monoisotopic (exact) mass is 299 g/mol. The summed E-state index contributed by atoms with van der Waals surface area (Å²) < 4.78 is 0. The van der Waals surface area contributed by atoms with Gasteiger partial charge in [-0.25, -0.2) is 9.97 Å². The summed E-state index contributed by atoms with van der Waals surface area (Å²) in [5.41, 5.74) is 5.03. The van der Waals surface area contributed by atoms with Gasteiger partial charge < -0.3 is 4.98 Å². The predicted octanol–water partition coefficient (Wildman–Crippen LogP) is 4.10. The predicted molar refractivity (Wildman–Crippen MR) is 90.1 cm³/mol. The molecule has 0 fully saturated rings. The van der Waals surface area contributed by atoms with E-state index in [1.807, 2.05) is 36.4 Å². The van der Waals surface area contributed by atoms with Gasteiger partial charge in [-0.2, -0.15) is 0 Å². The molecule has 1 aromatic carbocycles. The van der Waals surface area contributed by atoms with Crippen LogP contribution in [0.4, 0.5) is 0 Å². The Morgan fingerprint density at radius 3 is 2.61 bits per heavy atom. The lowest BCUT2D eigenvalue weighted by atomic mass is 10.1. The van der Waals surface area contributed by atoms with Gasteiger partial charge in [-0.1, -0.05) is 36.4 Å². The average Bonchev–Trinajstić information content (AvgIpc) is 3.06. The molecule has 0 radical (unpaired) electrons. The third-order valence-electron chi connectivity index (χ3n) is 3.74. The maximum Gasteiger partial charge on any atom is 0.168 e. The van der Waals surface area contributed by atoms with Crippen LogP contribution in [0.2, 0.25) is 0 Å². The Balaban J connectivity index is 1.80. The Morgan fingerprint density at radius 2 is 1.78 bits per heavy atom. The van der Waals surface area contributed by atoms with Crippen molar-refractivity contribution in [3.63, 3.8) is 0 Å². The van der Waals surface area contributed by atoms with Crippen LogP contribution in [0, 0.1) is 0 Å². The fourth-order valence-electron chi connectivity index (χ4n) is 2.61. The zero-order chi connectivity index (χ0) is 15.6. The zero-order valence-corrected chi connectivity index (χ0v) is 12.2. The molecule has 0 atom stereocenters. The van der Waals surface area contributed by atoms with Crippen molar-refractivity contribution in [2.24, 2.45) is 0 Å². The molecule has 0 amide bonds. The summed E-state index contributed by atoms with van der Waals surface area (Å²) in [6, 6.07) is 19.6. The molecule has 3 heterocycles. The first-order chi connectivity index (χ1) is 11.3. The molecule has 0 aliphatic carbocycles. The molecule has 23 heavy (non-hydrogen) atoms. The number of H-pyrrole nitrogens is 1. The maximum absolute atomic E-state index is 10.9. The first-order valence-electron chi connectivity index (χ1n) is 7.30. The van der Waals surface area contributed by atoms with E-state index in [9.17, 15) is 4.79 Å². The van der Waals surface area contributed by atoms with E-state index in [1.54, 1.807) is 12.3 Å². The molecule has 4 nitrogen and oxygen atoms in total. The Labute approximate surface area is 132 Å². The van der Waals surface area contributed by atoms with E-state index in [1.165, 1.54) is 0 Å². The maximum atomic E-state index is 10.9. The van der Waals surface area contributed by atoms with Gasteiger partial charge in [0.1, 0.15) is 11.3 Å². The Hall–Kier alpha value is -3.27. The van der Waals surface area contributed by atoms with Crippen molar-refractivity contribution in [1.29, 1.82) is 0 Å². The lowest BCUT2D eigenvalue weighted by Gasteiger charge is -2.01. The summed E-state index contributed by atoms with van der Waals surface area (Å²) in [4.78, 5) is 23.0. The van der Waals surface area contributed by atoms with Gasteiger partial charge in [0, 0.05) is 22.8 Å². The Morgan fingerprint density at radius 1 is 0.913 bits per heavy atom. The number of nitrogens with zero attached hydrogens (tertiary/aromatic N) is 2. The van der Waals surface area contributed by atoms with Crippen LogP contribution in [0.25, 0.3) is 33.5 Å². The average molecular weight is 299 g/mol. The van der Waals surface area contributed by atoms with Gasteiger partial charge in [0.15, 0.2) is 6.29 Å². The molecule has 4 heteroatoms. The second-order valence-corrected chi connectivity index (χ2v) is 5.28. The fourth-order valence-corrected chi connectivity index (χ4v) is 2.61. The van der Waals surface area contributed by atoms with Crippen LogP contribution in [0.3, 0.4) is 0 Å². The minimum Gasteiger partial charge on any atom is -0.339 e. The van der Waals surface area contributed by atoms with Gasteiger partial charge in [0.25, 0.3) is 0 Å². The van der Waals surface area contributed by atoms with Gasteiger partial charge in [0.2, 0.25) is 0 Å². The summed E-state index contributed by atoms with van der Waals surface area (Å²) in [5.74, 6) is 0. The molecular formula is C19H13N3O. The van der Waals surface area contributed by atoms with E-state index in [4.69, 9.17) is 0 Å². The summed E-state index contributed by atoms with van der Waals surface area (Å²) in [6.07, 6.45) is 2.52. The molecule has 0 unspecified atom stereocenters. The molecule has 0 aliphatic rings. The molecule has 0 saturated carbocycles. The third kappa shape index (κ3) is 2.51. The molecule has 4 rings (SSSR count). The van der Waals surface area contributed by atoms with E-state index in [2.05, 4.69) is 33.2 Å². The summed E-state index contributed by atoms with van der Waals surface area (Å²) >= 11 is 0. The number of carbonyl (C=O) groups is 1. The number of aromatic amines is 1. The third-order valence-corrected chi connectivity index (χ3v) is 3.74. The molecule has 4 aromatic rings. The van der Waals surface area contributed by atoms with Gasteiger partial charge >= 0.3 is 0 Å². The SMILES string of the molecule is O=Cc1cccc(-c2cnc3[nH]c(-c4ccccc4)cc3c2)n1. The number of aromatic nitrogens is 3. The first-order valence-corrected chi connectivity index (χ1v) is 7.30. The van der Waals surface area contributed by atoms with E-state index >= 15 is 0 Å². The highest BCUT2D eigenvalue weighted by atomic mass is 16.1. The van der Waals surface area contributed by atoms with Crippen LogP contribution >= 0.6 is 0 Å². The summed E-state index contributed by atoms with van der Waals surface area (Å²) in [5, 5.41) is 1.01. The number of hydrogen-bond donors (Lipinski definition) is 1. The van der Waals surface area contributed by atoms with Crippen molar-refractivity contribution in [3.05, 3.63) is 72.6 Å². The smallest absolute Gasteiger partial charge is 0.168 e. The van der Waals surface area contributed by atoms with Gasteiger partial charge in [-0.3, -0.25) is 4.79 Å². The topological polar surface area (TPSA) is 58.6 Å². The zero-order valence-electron chi connectivity index (χ0n) is 12.2. The van der Waals surface area contributed by atoms with E-state index in [-0.39, 0.29) is 0 Å². The van der Waals surface area contributed by atoms with Gasteiger partial charge in [-0.15, -0.1) is 0 Å². The highest BCUT2D eigenvalue weighted by Gasteiger charge is 2.07. The molecule has 0 spiro atoms. The quantitative estimate of drug-likeness (QED) is 0.579. The van der Waals surface area contributed by atoms with Crippen LogP contribution in [0.5, 0.6) is 0 Å². The Bertz CT molecular complexity index is 990. The van der Waals surface area contributed by atoms with E-state index < -0.39 is 0 Å². The molecule has 0 aliphatic heterocycles. The van der Waals surface area contributed by atoms with Crippen molar-refractivity contribution >= 4 is 17.3 Å². The van der Waals surface area contributed by atoms with Crippen molar-refractivity contribution in [2.75, 3.05) is 0 Å². The molecule has 0 saturated heterocycles. The normalized spacial score (nSPS) is 10.8. The minimum absolute atomic E-state index is 0.418. The Kier molecular flexibility index (Phi) is 3.20. The van der Waals surface area contributed by atoms with Gasteiger partial charge in [-0.05, 0) is 29.8 Å². The van der Waals surface area contributed by atoms with Crippen molar-refractivity contribution in [3.8, 4) is 22.5 Å². The van der Waals surface area contributed by atoms with Crippen LogP contribution in [0.15, 0.2) is 66.9 Å². The summed E-state index contributed by atoms with van der Waals surface area (Å²) in [6.45, 7) is 0. The number of carbonyl (C=O) groups excluding carboxylic acids is 1. The lowest BCUT2D eigenvalue weighted by molar-refractivity contribution is 0.111. The van der Waals surface area contributed by atoms with Crippen LogP contribution in [-0.4, -0.2) is 21.2 Å². The summed E-state index contributed by atoms with van der Waals surface area (Å²) in [7, 11) is 0. The standard InChI is InChI=1S/C19H13N3O/c23-12-16-7-4-8-17(21-16)15-9-14-10-18(22-19(14)20-11-15)13-5-2-1-3-6-13/h1-12H,(H,20,22). The molecule has 0 bridgehead atoms. The number of hydrogen-bond acceptors (Lipinski definition) is 3. The van der Waals surface area contributed by atoms with Crippen LogP contribution < -0.4 is 0 Å². The highest BCUT2D eigenvalue weighted by Crippen LogP contribution is 2.26. The second kappa shape index (κ2) is 5.50. The van der Waals surface area contributed by atoms with Crippen LogP contribution in [-0.2, 0) is 0 Å². The largest absolute Gasteiger partial charge is 0.339 e. The number of pyridine rings is 2. The fraction of sp³-hybridized carbons (Fsp3) is 0. The number of rotatable bonds is 3. The highest BCUT2D eigenvalue weighted by molar-refractivity contribution is 5.86. The number of nitrogens with one attached hydrogen (secondary N) is 1.